The van der Waals surface area contributed by atoms with Crippen molar-refractivity contribution in [3.8, 4) is 11.3 Å². The Morgan fingerprint density at radius 1 is 0.784 bits per heavy atom. The van der Waals surface area contributed by atoms with Crippen LogP contribution in [0.2, 0.25) is 0 Å². The fraction of sp³-hybridized carbons (Fsp3) is 0.194. The van der Waals surface area contributed by atoms with Crippen molar-refractivity contribution in [2.45, 2.75) is 26.3 Å². The molecule has 0 spiro atoms. The Bertz CT molecular complexity index is 1640. The van der Waals surface area contributed by atoms with Gasteiger partial charge in [-0.2, -0.15) is 0 Å². The molecule has 6 heterocycles. The molecule has 8 bridgehead atoms. The second-order valence-corrected chi connectivity index (χ2v) is 9.24. The topological polar surface area (TPSA) is 68.6 Å². The number of aromatic amines is 1. The maximum atomic E-state index is 5.97. The number of unbranched alkanes of at least 4 members (excludes halogenated alkanes) is 1. The van der Waals surface area contributed by atoms with E-state index in [9.17, 15) is 0 Å². The van der Waals surface area contributed by atoms with Gasteiger partial charge in [-0.05, 0) is 85.3 Å². The molecule has 0 atom stereocenters. The summed E-state index contributed by atoms with van der Waals surface area (Å²) in [7, 11) is 0. The summed E-state index contributed by atoms with van der Waals surface area (Å²) in [5.41, 5.74) is 9.75. The molecule has 6 heteroatoms. The maximum Gasteiger partial charge on any atom is 0.0723 e. The van der Waals surface area contributed by atoms with Crippen molar-refractivity contribution in [2.24, 2.45) is 0 Å². The molecule has 0 aromatic carbocycles. The summed E-state index contributed by atoms with van der Waals surface area (Å²) in [5, 5.41) is 0. The van der Waals surface area contributed by atoms with Crippen LogP contribution in [0.25, 0.3) is 57.6 Å². The van der Waals surface area contributed by atoms with E-state index in [2.05, 4.69) is 82.1 Å². The first-order valence-corrected chi connectivity index (χ1v) is 12.8. The third-order valence-electron chi connectivity index (χ3n) is 6.50. The van der Waals surface area contributed by atoms with Gasteiger partial charge >= 0.3 is 0 Å². The number of ether oxygens (including phenoxy) is 1. The van der Waals surface area contributed by atoms with E-state index in [1.54, 1.807) is 0 Å². The third-order valence-corrected chi connectivity index (χ3v) is 6.50. The highest BCUT2D eigenvalue weighted by Gasteiger charge is 2.13. The third kappa shape index (κ3) is 5.15. The van der Waals surface area contributed by atoms with Gasteiger partial charge in [-0.15, -0.1) is 0 Å². The van der Waals surface area contributed by atoms with Gasteiger partial charge in [0.05, 0.1) is 40.6 Å². The van der Waals surface area contributed by atoms with Crippen LogP contribution < -0.4 is 0 Å². The molecule has 2 aliphatic rings. The van der Waals surface area contributed by atoms with Crippen LogP contribution in [0.1, 0.15) is 42.5 Å². The van der Waals surface area contributed by atoms with E-state index < -0.39 is 0 Å². The lowest BCUT2D eigenvalue weighted by molar-refractivity contribution is 0.125. The number of nitrogens with zero attached hydrogens (tertiary/aromatic N) is 4. The monoisotopic (exact) mass is 487 g/mol. The first-order valence-electron chi connectivity index (χ1n) is 12.8. The standard InChI is InChI=1S/C31H29N5O/c1-2-3-15-37-16-14-36-28-19-26-11-9-24(34-26)17-22-7-8-23(33-22)18-25-10-12-27(35-25)20-31(36)29(21-28)30-6-4-5-13-32-30/h4-13,17-21,33H,2-3,14-16H2,1H3. The molecule has 4 aromatic heterocycles. The second kappa shape index (κ2) is 10.4. The molecule has 0 fully saturated rings. The van der Waals surface area contributed by atoms with Crippen molar-refractivity contribution < 1.29 is 4.74 Å². The predicted octanol–water partition coefficient (Wildman–Crippen LogP) is 7.01. The quantitative estimate of drug-likeness (QED) is 0.246. The van der Waals surface area contributed by atoms with Crippen LogP contribution in [-0.4, -0.2) is 37.7 Å². The van der Waals surface area contributed by atoms with Crippen molar-refractivity contribution in [3.63, 3.8) is 0 Å². The van der Waals surface area contributed by atoms with E-state index in [-0.39, 0.29) is 0 Å². The van der Waals surface area contributed by atoms with Crippen molar-refractivity contribution in [2.75, 3.05) is 13.2 Å². The van der Waals surface area contributed by atoms with Crippen LogP contribution in [0.15, 0.2) is 66.9 Å². The Labute approximate surface area is 216 Å². The highest BCUT2D eigenvalue weighted by atomic mass is 16.5. The number of rotatable bonds is 7. The molecular weight excluding hydrogens is 458 g/mol. The van der Waals surface area contributed by atoms with Crippen molar-refractivity contribution in [1.82, 2.24) is 24.5 Å². The minimum atomic E-state index is 0.632. The summed E-state index contributed by atoms with van der Waals surface area (Å²) in [6.07, 6.45) is 12.2. The number of fused-ring (bicyclic) bond motifs is 8. The van der Waals surface area contributed by atoms with Gasteiger partial charge in [0, 0.05) is 41.5 Å². The summed E-state index contributed by atoms with van der Waals surface area (Å²) in [4.78, 5) is 17.9. The molecule has 0 aliphatic carbocycles. The number of hydrogen-bond acceptors (Lipinski definition) is 4. The van der Waals surface area contributed by atoms with E-state index in [1.807, 2.05) is 30.5 Å². The lowest BCUT2D eigenvalue weighted by Gasteiger charge is -2.08. The van der Waals surface area contributed by atoms with Gasteiger partial charge in [-0.1, -0.05) is 19.4 Å². The molecule has 37 heavy (non-hydrogen) atoms. The highest BCUT2D eigenvalue weighted by molar-refractivity contribution is 5.87. The van der Waals surface area contributed by atoms with E-state index in [0.29, 0.717) is 6.61 Å². The fourth-order valence-electron chi connectivity index (χ4n) is 4.66. The minimum Gasteiger partial charge on any atom is -0.380 e. The molecule has 4 aromatic rings. The van der Waals surface area contributed by atoms with Crippen LogP contribution in [0.3, 0.4) is 0 Å². The fourth-order valence-corrected chi connectivity index (χ4v) is 4.66. The van der Waals surface area contributed by atoms with E-state index in [1.165, 1.54) is 0 Å². The number of nitrogens with one attached hydrogen (secondary N) is 1. The van der Waals surface area contributed by atoms with Gasteiger partial charge in [0.2, 0.25) is 0 Å². The summed E-state index contributed by atoms with van der Waals surface area (Å²) < 4.78 is 8.27. The molecule has 0 amide bonds. The van der Waals surface area contributed by atoms with Crippen molar-refractivity contribution >= 4 is 46.4 Å². The average Bonchev–Trinajstić information content (AvgIpc) is 3.70. The second-order valence-electron chi connectivity index (χ2n) is 9.24. The minimum absolute atomic E-state index is 0.632. The smallest absolute Gasteiger partial charge is 0.0723 e. The van der Waals surface area contributed by atoms with Gasteiger partial charge in [0.15, 0.2) is 0 Å². The normalized spacial score (nSPS) is 12.4. The van der Waals surface area contributed by atoms with Crippen molar-refractivity contribution in [3.05, 3.63) is 89.6 Å². The first kappa shape index (κ1) is 23.1. The van der Waals surface area contributed by atoms with E-state index in [4.69, 9.17) is 14.7 Å². The summed E-state index contributed by atoms with van der Waals surface area (Å²) >= 11 is 0. The zero-order valence-electron chi connectivity index (χ0n) is 20.9. The molecule has 1 N–H and O–H groups in total. The van der Waals surface area contributed by atoms with Gasteiger partial charge in [0.25, 0.3) is 0 Å². The lowest BCUT2D eigenvalue weighted by Crippen LogP contribution is -2.06. The van der Waals surface area contributed by atoms with Gasteiger partial charge in [-0.25, -0.2) is 9.97 Å². The molecule has 184 valence electrons. The Morgan fingerprint density at radius 2 is 1.49 bits per heavy atom. The molecule has 0 saturated heterocycles. The van der Waals surface area contributed by atoms with Crippen LogP contribution in [-0.2, 0) is 11.3 Å². The van der Waals surface area contributed by atoms with Crippen LogP contribution in [0.4, 0.5) is 0 Å². The van der Waals surface area contributed by atoms with Crippen LogP contribution in [0, 0.1) is 0 Å². The number of hydrogen-bond donors (Lipinski definition) is 1. The van der Waals surface area contributed by atoms with Gasteiger partial charge < -0.3 is 14.3 Å². The van der Waals surface area contributed by atoms with Gasteiger partial charge in [-0.3, -0.25) is 4.98 Å². The number of pyridine rings is 1. The van der Waals surface area contributed by atoms with Crippen molar-refractivity contribution in [1.29, 1.82) is 0 Å². The Morgan fingerprint density at radius 3 is 2.16 bits per heavy atom. The van der Waals surface area contributed by atoms with Gasteiger partial charge in [0.1, 0.15) is 0 Å². The SMILES string of the molecule is CCCCOCCn1c2cc3nc(cc4ccc(cc5nc(cc1c(-c1ccccn1)c2)C=C5)[nH]4)C=C3. The Balaban J connectivity index is 1.61. The average molecular weight is 488 g/mol. The maximum absolute atomic E-state index is 5.97. The molecule has 6 nitrogen and oxygen atoms in total. The van der Waals surface area contributed by atoms with Crippen LogP contribution >= 0.6 is 0 Å². The number of H-pyrrole nitrogens is 1. The highest BCUT2D eigenvalue weighted by Crippen LogP contribution is 2.29. The summed E-state index contributed by atoms with van der Waals surface area (Å²) in [6, 6.07) is 20.7. The lowest BCUT2D eigenvalue weighted by atomic mass is 10.1. The Kier molecular flexibility index (Phi) is 6.48. The van der Waals surface area contributed by atoms with E-state index >= 15 is 0 Å². The van der Waals surface area contributed by atoms with E-state index in [0.717, 1.165) is 82.1 Å². The van der Waals surface area contributed by atoms with Crippen LogP contribution in [0.5, 0.6) is 0 Å². The molecule has 6 rings (SSSR count). The Hall–Kier alpha value is -4.29. The zero-order valence-corrected chi connectivity index (χ0v) is 20.9. The zero-order chi connectivity index (χ0) is 25.0. The first-order chi connectivity index (χ1) is 18.2. The molecular formula is C31H29N5O. The number of aromatic nitrogens is 5. The summed E-state index contributed by atoms with van der Waals surface area (Å²) in [5.74, 6) is 0. The molecule has 0 unspecified atom stereocenters. The predicted molar refractivity (Wildman–Crippen MR) is 151 cm³/mol. The molecule has 0 radical (unpaired) electrons. The molecule has 2 aliphatic heterocycles. The molecule has 0 saturated carbocycles. The largest absolute Gasteiger partial charge is 0.380 e. The summed E-state index contributed by atoms with van der Waals surface area (Å²) in [6.45, 7) is 4.30.